The van der Waals surface area contributed by atoms with E-state index in [2.05, 4.69) is 18.1 Å². The van der Waals surface area contributed by atoms with Crippen LogP contribution in [-0.4, -0.2) is 58.5 Å². The molecule has 6 heteroatoms. The van der Waals surface area contributed by atoms with E-state index in [1.165, 1.54) is 5.57 Å². The Morgan fingerprint density at radius 1 is 0.903 bits per heavy atom. The van der Waals surface area contributed by atoms with Gasteiger partial charge in [0, 0.05) is 23.8 Å². The lowest BCUT2D eigenvalue weighted by Crippen LogP contribution is -2.11. The molecule has 1 N–H and O–H groups in total. The second kappa shape index (κ2) is 17.5. The fraction of sp³-hybridized carbons (Fsp3) is 0.520. The Kier molecular flexibility index (Phi) is 15.2. The third-order valence-electron chi connectivity index (χ3n) is 4.41. The van der Waals surface area contributed by atoms with Crippen LogP contribution in [0.2, 0.25) is 0 Å². The molecule has 0 aliphatic carbocycles. The van der Waals surface area contributed by atoms with Crippen LogP contribution in [0.25, 0.3) is 0 Å². The van der Waals surface area contributed by atoms with E-state index in [1.54, 1.807) is 19.2 Å². The van der Waals surface area contributed by atoms with Crippen molar-refractivity contribution in [1.29, 1.82) is 0 Å². The second-order valence-electron chi connectivity index (χ2n) is 6.72. The van der Waals surface area contributed by atoms with Gasteiger partial charge in [-0.1, -0.05) is 29.7 Å². The molecule has 0 heterocycles. The second-order valence-corrected chi connectivity index (χ2v) is 6.72. The topological polar surface area (TPSA) is 66.4 Å². The van der Waals surface area contributed by atoms with Crippen LogP contribution >= 0.6 is 0 Å². The first-order chi connectivity index (χ1) is 15.2. The van der Waals surface area contributed by atoms with E-state index in [9.17, 15) is 5.11 Å². The molecule has 0 unspecified atom stereocenters. The average Bonchev–Trinajstić information content (AvgIpc) is 2.78. The summed E-state index contributed by atoms with van der Waals surface area (Å²) in [7, 11) is 1.64. The molecule has 0 aliphatic heterocycles. The highest BCUT2D eigenvalue weighted by molar-refractivity contribution is 5.48. The van der Waals surface area contributed by atoms with E-state index >= 15 is 0 Å². The number of aromatic hydroxyl groups is 1. The Morgan fingerprint density at radius 3 is 1.97 bits per heavy atom. The lowest BCUT2D eigenvalue weighted by molar-refractivity contribution is 0.000635. The molecule has 0 spiro atoms. The zero-order valence-electron chi connectivity index (χ0n) is 19.0. The number of ether oxygens (including phenoxy) is 5. The summed E-state index contributed by atoms with van der Waals surface area (Å²) >= 11 is 0. The van der Waals surface area contributed by atoms with Crippen molar-refractivity contribution in [2.24, 2.45) is 0 Å². The molecule has 1 aromatic carbocycles. The van der Waals surface area contributed by atoms with Gasteiger partial charge < -0.3 is 28.8 Å². The SMILES string of the molecule is C#Cc1cc(COCCOCCOCCOC)c(O)c(COCCC(/C=C\C)=C/C)c1. The van der Waals surface area contributed by atoms with Crippen LogP contribution in [0, 0.1) is 12.3 Å². The molecule has 1 rings (SSSR count). The van der Waals surface area contributed by atoms with Crippen molar-refractivity contribution in [2.75, 3.05) is 53.4 Å². The summed E-state index contributed by atoms with van der Waals surface area (Å²) in [4.78, 5) is 0. The first-order valence-corrected chi connectivity index (χ1v) is 10.5. The smallest absolute Gasteiger partial charge is 0.126 e. The largest absolute Gasteiger partial charge is 0.507 e. The van der Waals surface area contributed by atoms with Gasteiger partial charge in [-0.2, -0.15) is 0 Å². The molecule has 0 fully saturated rings. The molecule has 0 atom stereocenters. The number of hydrogen-bond donors (Lipinski definition) is 1. The first-order valence-electron chi connectivity index (χ1n) is 10.5. The van der Waals surface area contributed by atoms with Gasteiger partial charge in [-0.05, 0) is 32.4 Å². The van der Waals surface area contributed by atoms with Crippen molar-refractivity contribution >= 4 is 0 Å². The van der Waals surface area contributed by atoms with Crippen molar-refractivity contribution in [3.63, 3.8) is 0 Å². The number of rotatable bonds is 17. The Morgan fingerprint density at radius 2 is 1.45 bits per heavy atom. The summed E-state index contributed by atoms with van der Waals surface area (Å²) in [6, 6.07) is 3.53. The molecule has 0 radical (unpaired) electrons. The number of methoxy groups -OCH3 is 1. The van der Waals surface area contributed by atoms with Crippen molar-refractivity contribution in [3.8, 4) is 18.1 Å². The van der Waals surface area contributed by atoms with E-state index in [1.807, 2.05) is 19.9 Å². The predicted molar refractivity (Wildman–Crippen MR) is 122 cm³/mol. The minimum absolute atomic E-state index is 0.158. The molecular weight excluding hydrogens is 396 g/mol. The Labute approximate surface area is 186 Å². The van der Waals surface area contributed by atoms with Gasteiger partial charge in [-0.15, -0.1) is 6.42 Å². The van der Waals surface area contributed by atoms with E-state index in [0.717, 1.165) is 6.42 Å². The van der Waals surface area contributed by atoms with Gasteiger partial charge in [-0.3, -0.25) is 0 Å². The number of terminal acetylenes is 1. The van der Waals surface area contributed by atoms with Crippen LogP contribution in [-0.2, 0) is 36.9 Å². The summed E-state index contributed by atoms with van der Waals surface area (Å²) < 4.78 is 27.0. The number of phenolic OH excluding ortho intramolecular Hbond substituents is 1. The Bertz CT molecular complexity index is 717. The minimum Gasteiger partial charge on any atom is -0.507 e. The maximum Gasteiger partial charge on any atom is 0.126 e. The molecule has 31 heavy (non-hydrogen) atoms. The van der Waals surface area contributed by atoms with Crippen LogP contribution < -0.4 is 0 Å². The number of hydrogen-bond acceptors (Lipinski definition) is 6. The van der Waals surface area contributed by atoms with E-state index in [-0.39, 0.29) is 19.0 Å². The molecule has 0 aliphatic rings. The lowest BCUT2D eigenvalue weighted by Gasteiger charge is -2.13. The van der Waals surface area contributed by atoms with E-state index in [4.69, 9.17) is 30.1 Å². The first kappa shape index (κ1) is 26.9. The van der Waals surface area contributed by atoms with E-state index in [0.29, 0.717) is 62.9 Å². The minimum atomic E-state index is 0.158. The molecule has 0 amide bonds. The molecule has 0 saturated carbocycles. The Balaban J connectivity index is 2.42. The summed E-state index contributed by atoms with van der Waals surface area (Å²) in [6.45, 7) is 8.06. The van der Waals surface area contributed by atoms with Gasteiger partial charge in [-0.25, -0.2) is 0 Å². The highest BCUT2D eigenvalue weighted by Gasteiger charge is 2.10. The zero-order chi connectivity index (χ0) is 22.7. The third-order valence-corrected chi connectivity index (χ3v) is 4.41. The van der Waals surface area contributed by atoms with Gasteiger partial charge in [0.1, 0.15) is 5.75 Å². The van der Waals surface area contributed by atoms with Crippen LogP contribution in [0.15, 0.2) is 35.9 Å². The highest BCUT2D eigenvalue weighted by atomic mass is 16.6. The molecule has 0 bridgehead atoms. The van der Waals surface area contributed by atoms with Crippen LogP contribution in [0.4, 0.5) is 0 Å². The van der Waals surface area contributed by atoms with Crippen LogP contribution in [0.1, 0.15) is 37.0 Å². The summed E-state index contributed by atoms with van der Waals surface area (Å²) in [5, 5.41) is 10.6. The molecule has 6 nitrogen and oxygen atoms in total. The lowest BCUT2D eigenvalue weighted by atomic mass is 10.0. The zero-order valence-corrected chi connectivity index (χ0v) is 19.0. The molecular formula is C25H36O6. The van der Waals surface area contributed by atoms with Crippen molar-refractivity contribution in [3.05, 3.63) is 52.6 Å². The van der Waals surface area contributed by atoms with Crippen molar-refractivity contribution in [1.82, 2.24) is 0 Å². The van der Waals surface area contributed by atoms with Gasteiger partial charge in [0.2, 0.25) is 0 Å². The summed E-state index contributed by atoms with van der Waals surface area (Å²) in [5.41, 5.74) is 3.19. The standard InChI is InChI=1S/C25H36O6/c1-5-8-21(6-2)9-10-30-19-23-17-22(7-3)18-24(25(23)26)20-31-16-15-29-14-13-28-12-11-27-4/h3,5-6,8,17-18,26H,9-16,19-20H2,1-2,4H3/b8-5-,21-6+. The maximum atomic E-state index is 10.6. The quantitative estimate of drug-likeness (QED) is 0.228. The fourth-order valence-corrected chi connectivity index (χ4v) is 2.74. The monoisotopic (exact) mass is 432 g/mol. The van der Waals surface area contributed by atoms with Crippen molar-refractivity contribution < 1.29 is 28.8 Å². The summed E-state index contributed by atoms with van der Waals surface area (Å²) in [6.07, 6.45) is 12.5. The number of allylic oxidation sites excluding steroid dienone is 3. The maximum absolute atomic E-state index is 10.6. The number of phenols is 1. The highest BCUT2D eigenvalue weighted by Crippen LogP contribution is 2.26. The Hall–Kier alpha value is -2.14. The van der Waals surface area contributed by atoms with E-state index < -0.39 is 0 Å². The van der Waals surface area contributed by atoms with Gasteiger partial charge >= 0.3 is 0 Å². The average molecular weight is 433 g/mol. The summed E-state index contributed by atoms with van der Waals surface area (Å²) in [5.74, 6) is 2.78. The van der Waals surface area contributed by atoms with Gasteiger partial charge in [0.15, 0.2) is 0 Å². The van der Waals surface area contributed by atoms with Crippen LogP contribution in [0.5, 0.6) is 5.75 Å². The predicted octanol–water partition coefficient (Wildman–Crippen LogP) is 4.00. The normalized spacial score (nSPS) is 11.9. The third kappa shape index (κ3) is 11.7. The van der Waals surface area contributed by atoms with Crippen LogP contribution in [0.3, 0.4) is 0 Å². The fourth-order valence-electron chi connectivity index (χ4n) is 2.74. The molecule has 172 valence electrons. The van der Waals surface area contributed by atoms with Gasteiger partial charge in [0.25, 0.3) is 0 Å². The molecule has 0 aromatic heterocycles. The van der Waals surface area contributed by atoms with Crippen molar-refractivity contribution in [2.45, 2.75) is 33.5 Å². The molecule has 1 aromatic rings. The number of benzene rings is 1. The molecule has 0 saturated heterocycles. The van der Waals surface area contributed by atoms with Gasteiger partial charge in [0.05, 0.1) is 59.5 Å².